The van der Waals surface area contributed by atoms with Gasteiger partial charge in [0.05, 0.1) is 28.1 Å². The number of carboxylic acids is 1. The molecule has 22 heavy (non-hydrogen) atoms. The van der Waals surface area contributed by atoms with Crippen LogP contribution in [0.15, 0.2) is 18.2 Å². The quantitative estimate of drug-likeness (QED) is 0.570. The van der Waals surface area contributed by atoms with Crippen molar-refractivity contribution in [2.45, 2.75) is 12.5 Å². The lowest BCUT2D eigenvalue weighted by Crippen LogP contribution is -3.24. The first kappa shape index (κ1) is 17.0. The fourth-order valence-corrected chi connectivity index (χ4v) is 2.92. The van der Waals surface area contributed by atoms with E-state index in [0.717, 1.165) is 18.0 Å². The lowest BCUT2D eigenvalue weighted by atomic mass is 10.1. The molecule has 0 radical (unpaired) electrons. The zero-order valence-corrected chi connectivity index (χ0v) is 13.4. The second-order valence-electron chi connectivity index (χ2n) is 5.25. The van der Waals surface area contributed by atoms with Crippen LogP contribution in [0.4, 0.5) is 5.69 Å². The fraction of sp³-hybridized carbons (Fsp3) is 0.429. The molecule has 0 bridgehead atoms. The average molecular weight is 347 g/mol. The number of nitrogens with two attached hydrogens (primary N) is 1. The number of carbonyl (C=O) groups is 2. The molecule has 1 fully saturated rings. The number of rotatable bonds is 5. The standard InChI is InChI=1S/C14H17Cl2N3O3/c15-9-2-1-3-10(13(9)16)18-12(20)8-11(14(21)22)19-6-4-17-5-7-19/h1-3,11,17H,4-8H2,(H,18,20)(H,21,22)/p+1/t11-/m1/s1. The molecule has 1 aromatic rings. The van der Waals surface area contributed by atoms with Gasteiger partial charge in [0.1, 0.15) is 32.2 Å². The van der Waals surface area contributed by atoms with Crippen molar-refractivity contribution >= 4 is 40.8 Å². The number of amides is 1. The molecule has 1 heterocycles. The van der Waals surface area contributed by atoms with Crippen molar-refractivity contribution in [3.63, 3.8) is 0 Å². The van der Waals surface area contributed by atoms with E-state index in [1.54, 1.807) is 18.2 Å². The van der Waals surface area contributed by atoms with E-state index in [4.69, 9.17) is 23.2 Å². The van der Waals surface area contributed by atoms with Gasteiger partial charge in [-0.1, -0.05) is 29.3 Å². The Hall–Kier alpha value is -1.34. The Morgan fingerprint density at radius 3 is 2.64 bits per heavy atom. The van der Waals surface area contributed by atoms with Gasteiger partial charge in [0.15, 0.2) is 0 Å². The van der Waals surface area contributed by atoms with Gasteiger partial charge in [0, 0.05) is 0 Å². The molecule has 1 amide bonds. The topological polar surface area (TPSA) is 90.3 Å². The third kappa shape index (κ3) is 4.33. The van der Waals surface area contributed by atoms with Crippen LogP contribution >= 0.6 is 23.2 Å². The van der Waals surface area contributed by atoms with E-state index in [9.17, 15) is 14.7 Å². The molecule has 120 valence electrons. The smallest absolute Gasteiger partial charge is 0.230 e. The zero-order chi connectivity index (χ0) is 16.1. The Bertz CT molecular complexity index is 562. The molecular formula is C14H18Cl2N3O3+. The van der Waals surface area contributed by atoms with E-state index in [0.29, 0.717) is 23.8 Å². The Labute approximate surface area is 138 Å². The normalized spacial score (nSPS) is 17.0. The minimum atomic E-state index is -1.20. The Balaban J connectivity index is 2.02. The number of hydrogen-bond donors (Lipinski definition) is 3. The van der Waals surface area contributed by atoms with Crippen molar-refractivity contribution < 1.29 is 24.9 Å². The van der Waals surface area contributed by atoms with Crippen LogP contribution in [0.1, 0.15) is 6.42 Å². The fourth-order valence-electron chi connectivity index (χ4n) is 2.57. The molecule has 1 atom stereocenters. The van der Waals surface area contributed by atoms with E-state index in [1.807, 2.05) is 0 Å². The summed E-state index contributed by atoms with van der Waals surface area (Å²) in [6, 6.07) is 4.03. The second-order valence-corrected chi connectivity index (χ2v) is 6.03. The van der Waals surface area contributed by atoms with Gasteiger partial charge in [0.2, 0.25) is 5.91 Å². The molecule has 6 nitrogen and oxygen atoms in total. The summed E-state index contributed by atoms with van der Waals surface area (Å²) in [6.07, 6.45) is -0.152. The molecule has 1 aliphatic heterocycles. The second kappa shape index (κ2) is 7.78. The minimum Gasteiger partial charge on any atom is -0.544 e. The van der Waals surface area contributed by atoms with Crippen LogP contribution in [0.25, 0.3) is 0 Å². The summed E-state index contributed by atoms with van der Waals surface area (Å²) in [7, 11) is 0. The first-order valence-electron chi connectivity index (χ1n) is 7.10. The summed E-state index contributed by atoms with van der Waals surface area (Å²) in [5.74, 6) is -1.62. The van der Waals surface area contributed by atoms with Crippen LogP contribution in [-0.2, 0) is 9.59 Å². The summed E-state index contributed by atoms with van der Waals surface area (Å²) in [4.78, 5) is 24.3. The first-order chi connectivity index (χ1) is 10.5. The largest absolute Gasteiger partial charge is 0.544 e. The molecular weight excluding hydrogens is 329 g/mol. The number of hydrogen-bond acceptors (Lipinski definition) is 3. The summed E-state index contributed by atoms with van der Waals surface area (Å²) >= 11 is 11.9. The number of aliphatic carboxylic acids is 1. The Morgan fingerprint density at radius 1 is 1.32 bits per heavy atom. The van der Waals surface area contributed by atoms with Crippen molar-refractivity contribution in [1.82, 2.24) is 0 Å². The van der Waals surface area contributed by atoms with Gasteiger partial charge in [-0.3, -0.25) is 4.79 Å². The summed E-state index contributed by atoms with van der Waals surface area (Å²) < 4.78 is 0. The number of quaternary nitrogens is 2. The van der Waals surface area contributed by atoms with E-state index in [-0.39, 0.29) is 11.4 Å². The highest BCUT2D eigenvalue weighted by Gasteiger charge is 2.29. The van der Waals surface area contributed by atoms with E-state index >= 15 is 0 Å². The number of benzene rings is 1. The third-order valence-electron chi connectivity index (χ3n) is 3.73. The molecule has 0 aliphatic carbocycles. The van der Waals surface area contributed by atoms with Crippen molar-refractivity contribution in [2.24, 2.45) is 0 Å². The number of halogens is 2. The highest BCUT2D eigenvalue weighted by atomic mass is 35.5. The summed E-state index contributed by atoms with van der Waals surface area (Å²) in [5, 5.41) is 16.6. The van der Waals surface area contributed by atoms with Crippen LogP contribution in [0.5, 0.6) is 0 Å². The molecule has 0 saturated carbocycles. The molecule has 8 heteroatoms. The van der Waals surface area contributed by atoms with Crippen molar-refractivity contribution in [3.8, 4) is 0 Å². The maximum absolute atomic E-state index is 12.1. The number of anilines is 1. The van der Waals surface area contributed by atoms with Gasteiger partial charge in [0.25, 0.3) is 0 Å². The van der Waals surface area contributed by atoms with Crippen LogP contribution < -0.4 is 20.6 Å². The Morgan fingerprint density at radius 2 is 2.00 bits per heavy atom. The van der Waals surface area contributed by atoms with Crippen molar-refractivity contribution in [1.29, 1.82) is 0 Å². The molecule has 0 aromatic heterocycles. The van der Waals surface area contributed by atoms with E-state index in [1.165, 1.54) is 0 Å². The van der Waals surface area contributed by atoms with E-state index in [2.05, 4.69) is 10.6 Å². The number of nitrogens with one attached hydrogen (secondary N) is 2. The molecule has 1 saturated heterocycles. The summed E-state index contributed by atoms with van der Waals surface area (Å²) in [5.41, 5.74) is 0.373. The molecule has 0 spiro atoms. The minimum absolute atomic E-state index is 0.152. The highest BCUT2D eigenvalue weighted by Crippen LogP contribution is 2.29. The van der Waals surface area contributed by atoms with Gasteiger partial charge >= 0.3 is 0 Å². The molecule has 1 aliphatic rings. The number of carboxylic acid groups (broad SMARTS) is 1. The first-order valence-corrected chi connectivity index (χ1v) is 7.85. The van der Waals surface area contributed by atoms with Gasteiger partial charge < -0.3 is 25.4 Å². The van der Waals surface area contributed by atoms with Crippen molar-refractivity contribution in [3.05, 3.63) is 28.2 Å². The van der Waals surface area contributed by atoms with Gasteiger partial charge in [-0.2, -0.15) is 0 Å². The van der Waals surface area contributed by atoms with Gasteiger partial charge in [-0.15, -0.1) is 0 Å². The van der Waals surface area contributed by atoms with Crippen LogP contribution in [0.2, 0.25) is 10.0 Å². The highest BCUT2D eigenvalue weighted by molar-refractivity contribution is 6.43. The van der Waals surface area contributed by atoms with E-state index < -0.39 is 17.9 Å². The zero-order valence-electron chi connectivity index (χ0n) is 11.9. The van der Waals surface area contributed by atoms with Gasteiger partial charge in [-0.05, 0) is 12.1 Å². The predicted molar refractivity (Wildman–Crippen MR) is 80.9 cm³/mol. The van der Waals surface area contributed by atoms with Crippen molar-refractivity contribution in [2.75, 3.05) is 31.5 Å². The van der Waals surface area contributed by atoms with Crippen LogP contribution in [0.3, 0.4) is 0 Å². The van der Waals surface area contributed by atoms with Crippen LogP contribution in [0, 0.1) is 0 Å². The molecule has 2 rings (SSSR count). The lowest BCUT2D eigenvalue weighted by Gasteiger charge is -2.30. The Kier molecular flexibility index (Phi) is 6.02. The van der Waals surface area contributed by atoms with Crippen LogP contribution in [-0.4, -0.2) is 44.1 Å². The monoisotopic (exact) mass is 346 g/mol. The molecule has 0 unspecified atom stereocenters. The maximum Gasteiger partial charge on any atom is 0.230 e. The number of carbonyl (C=O) groups excluding carboxylic acids is 2. The predicted octanol–water partition coefficient (Wildman–Crippen LogP) is -2.10. The number of piperazine rings is 1. The third-order valence-corrected chi connectivity index (χ3v) is 4.55. The average Bonchev–Trinajstić information content (AvgIpc) is 2.50. The lowest BCUT2D eigenvalue weighted by molar-refractivity contribution is -0.961. The molecule has 1 aromatic carbocycles. The maximum atomic E-state index is 12.1. The summed E-state index contributed by atoms with van der Waals surface area (Å²) in [6.45, 7) is 3.09. The van der Waals surface area contributed by atoms with Gasteiger partial charge in [-0.25, -0.2) is 0 Å². The molecule has 4 N–H and O–H groups in total. The SMILES string of the molecule is O=C(C[C@H](C(=O)[O-])[NH+]1CC[NH2+]CC1)Nc1cccc(Cl)c1Cl.